The minimum atomic E-state index is 0.346. The Hall–Kier alpha value is -0.0151. The fraction of sp³-hybridized carbons (Fsp3) is 1.00. The van der Waals surface area contributed by atoms with Crippen molar-refractivity contribution in [1.29, 1.82) is 0 Å². The highest BCUT2D eigenvalue weighted by atomic mass is 15.3. The van der Waals surface area contributed by atoms with E-state index in [1.54, 1.807) is 225 Å². The van der Waals surface area contributed by atoms with E-state index in [4.69, 9.17) is 0 Å². The average Bonchev–Trinajstić information content (AvgIpc) is 0.691. The van der Waals surface area contributed by atoms with Crippen molar-refractivity contribution in [1.82, 2.24) is 9.80 Å². The van der Waals surface area contributed by atoms with Crippen LogP contribution in [-0.2, 0) is 0 Å². The van der Waals surface area contributed by atoms with Gasteiger partial charge in [0.1, 0.15) is 0 Å². The molecule has 536 valence electrons. The van der Waals surface area contributed by atoms with E-state index in [9.17, 15) is 0 Å². The van der Waals surface area contributed by atoms with Gasteiger partial charge in [-0.05, 0) is 273 Å². The first-order valence-corrected chi connectivity index (χ1v) is 45.6. The molecule has 17 fully saturated rings. The first kappa shape index (κ1) is 68.1. The van der Waals surface area contributed by atoms with Crippen LogP contribution in [0, 0.1) is 152 Å². The summed E-state index contributed by atoms with van der Waals surface area (Å²) in [4.78, 5) is 7.86. The first-order valence-electron chi connectivity index (χ1n) is 45.6. The monoisotopic (exact) mass is 1300 g/mol. The molecule has 23 atom stereocenters. The SMILES string of the molecule is CC(C)(C)C1CC(C2CCCCC2)C(N2C3CCC(C4CCCCC4)CC3B3C4CC(C5CCC6C7CCCC8CCCC(C9CCCC5C96)C87)CCC4N(C4C(C5CCCCC5)CC(C(C)(C)C)CC4C4CCCCC4)C4CC(C(C)(C)C)CC2C34)C(C2CCCCC2)C1. The molecule has 2 aliphatic heterocycles. The minimum Gasteiger partial charge on any atom is -0.295 e. The minimum absolute atomic E-state index is 0.346. The van der Waals surface area contributed by atoms with Crippen LogP contribution in [0.2, 0.25) is 17.5 Å². The number of rotatable bonds is 8. The average molecular weight is 1300 g/mol. The van der Waals surface area contributed by atoms with Crippen molar-refractivity contribution in [2.24, 2.45) is 152 Å². The van der Waals surface area contributed by atoms with Crippen molar-refractivity contribution in [3.05, 3.63) is 0 Å². The Bertz CT molecular complexity index is 2420. The summed E-state index contributed by atoms with van der Waals surface area (Å²) >= 11 is 0. The van der Waals surface area contributed by atoms with Crippen molar-refractivity contribution < 1.29 is 0 Å². The topological polar surface area (TPSA) is 6.48 Å². The van der Waals surface area contributed by atoms with E-state index in [0.717, 1.165) is 197 Å². The third-order valence-electron chi connectivity index (χ3n) is 37.8. The van der Waals surface area contributed by atoms with Gasteiger partial charge in [0, 0.05) is 36.3 Å². The predicted molar refractivity (Wildman–Crippen MR) is 404 cm³/mol. The van der Waals surface area contributed by atoms with Gasteiger partial charge in [-0.1, -0.05) is 268 Å². The number of hydrogen-bond acceptors (Lipinski definition) is 2. The molecule has 17 aliphatic rings. The van der Waals surface area contributed by atoms with Crippen LogP contribution in [0.4, 0.5) is 0 Å². The maximum absolute atomic E-state index is 3.94. The largest absolute Gasteiger partial charge is 0.295 e. The molecular formula is C92H155BN2. The van der Waals surface area contributed by atoms with Gasteiger partial charge in [0.15, 0.2) is 6.71 Å². The van der Waals surface area contributed by atoms with Gasteiger partial charge >= 0.3 is 0 Å². The van der Waals surface area contributed by atoms with E-state index < -0.39 is 0 Å². The maximum atomic E-state index is 3.94. The molecule has 0 N–H and O–H groups in total. The molecule has 0 spiro atoms. The zero-order valence-electron chi connectivity index (χ0n) is 64.4. The normalized spacial score (nSPS) is 49.0. The summed E-state index contributed by atoms with van der Waals surface area (Å²) in [6.07, 6.45) is 75.8. The molecule has 17 rings (SSSR count). The zero-order chi connectivity index (χ0) is 64.6. The molecule has 15 saturated carbocycles. The summed E-state index contributed by atoms with van der Waals surface area (Å²) in [7, 11) is 0. The standard InChI is InChI=1S/C92H155BN2/c1-90(2,3)66-52-75(59-30-17-11-18-31-59)88(76(53-66)60-32-19-12-20-33-60)94-81-48-44-64(58-28-15-10-16-29-58)50-79(81)93-80-51-65(69-46-47-74-72-41-26-39-63-38-25-40-71(85(63)72)73-43-27-42-70(69)86(73)74)45-49-82(80)95(84-57-68(92(7,8)9)56-83(94)87(84)93)89-77(61-34-21-13-22-35-61)54-67(91(4,5)6)55-78(89)62-36-23-14-24-37-62/h58-89H,10-57H2,1-9H3. The number of nitrogens with zero attached hydrogens (tertiary/aromatic N) is 2. The lowest BCUT2D eigenvalue weighted by Gasteiger charge is -2.73. The van der Waals surface area contributed by atoms with E-state index in [1.807, 2.05) is 0 Å². The van der Waals surface area contributed by atoms with Gasteiger partial charge in [-0.2, -0.15) is 0 Å². The Morgan fingerprint density at radius 2 is 0.537 bits per heavy atom. The summed E-state index contributed by atoms with van der Waals surface area (Å²) in [5.74, 6) is 26.0. The van der Waals surface area contributed by atoms with E-state index in [0.29, 0.717) is 16.2 Å². The van der Waals surface area contributed by atoms with Crippen LogP contribution in [0.15, 0.2) is 0 Å². The van der Waals surface area contributed by atoms with Crippen LogP contribution < -0.4 is 0 Å². The van der Waals surface area contributed by atoms with E-state index >= 15 is 0 Å². The summed E-state index contributed by atoms with van der Waals surface area (Å²) in [6, 6.07) is 5.00. The van der Waals surface area contributed by atoms with Crippen LogP contribution in [-0.4, -0.2) is 52.8 Å². The third kappa shape index (κ3) is 12.6. The second kappa shape index (κ2) is 27.8. The number of fused-ring (bicyclic) bond motifs is 6. The van der Waals surface area contributed by atoms with Crippen LogP contribution in [0.1, 0.15) is 371 Å². The van der Waals surface area contributed by atoms with Crippen LogP contribution >= 0.6 is 0 Å². The fourth-order valence-electron chi connectivity index (χ4n) is 33.9. The van der Waals surface area contributed by atoms with Crippen LogP contribution in [0.25, 0.3) is 0 Å². The Kier molecular flexibility index (Phi) is 19.9. The van der Waals surface area contributed by atoms with Gasteiger partial charge in [-0.25, -0.2) is 0 Å². The Balaban J connectivity index is 0.839. The quantitative estimate of drug-likeness (QED) is 0.224. The van der Waals surface area contributed by atoms with Crippen LogP contribution in [0.3, 0.4) is 0 Å². The van der Waals surface area contributed by atoms with E-state index in [2.05, 4.69) is 72.1 Å². The number of hydrogen-bond donors (Lipinski definition) is 0. The maximum Gasteiger partial charge on any atom is 0.156 e. The second-order valence-corrected chi connectivity index (χ2v) is 44.3. The Labute approximate surface area is 589 Å². The molecule has 0 radical (unpaired) electrons. The molecule has 2 nitrogen and oxygen atoms in total. The summed E-state index contributed by atoms with van der Waals surface area (Å²) < 4.78 is 0. The van der Waals surface area contributed by atoms with Crippen molar-refractivity contribution in [3.63, 3.8) is 0 Å². The van der Waals surface area contributed by atoms with Crippen LogP contribution in [0.5, 0.6) is 0 Å². The highest BCUT2D eigenvalue weighted by Gasteiger charge is 2.70. The highest BCUT2D eigenvalue weighted by Crippen LogP contribution is 2.72. The molecule has 0 aromatic carbocycles. The van der Waals surface area contributed by atoms with Gasteiger partial charge in [-0.15, -0.1) is 0 Å². The summed E-state index contributed by atoms with van der Waals surface area (Å²) in [5, 5.41) is 0. The Morgan fingerprint density at radius 3 is 0.947 bits per heavy atom. The third-order valence-corrected chi connectivity index (χ3v) is 37.8. The lowest BCUT2D eigenvalue weighted by Crippen LogP contribution is -2.77. The fourth-order valence-corrected chi connectivity index (χ4v) is 33.9. The molecule has 0 bridgehead atoms. The van der Waals surface area contributed by atoms with Crippen molar-refractivity contribution in [2.75, 3.05) is 0 Å². The van der Waals surface area contributed by atoms with Gasteiger partial charge in [0.05, 0.1) is 0 Å². The van der Waals surface area contributed by atoms with Crippen molar-refractivity contribution in [2.45, 2.75) is 424 Å². The Morgan fingerprint density at radius 1 is 0.221 bits per heavy atom. The van der Waals surface area contributed by atoms with E-state index in [-0.39, 0.29) is 0 Å². The molecule has 2 saturated heterocycles. The lowest BCUT2D eigenvalue weighted by molar-refractivity contribution is -0.161. The molecule has 3 heteroatoms. The molecule has 0 aromatic rings. The van der Waals surface area contributed by atoms with Gasteiger partial charge in [-0.3, -0.25) is 9.80 Å². The highest BCUT2D eigenvalue weighted by molar-refractivity contribution is 6.65. The summed E-state index contributed by atoms with van der Waals surface area (Å²) in [5.41, 5.74) is 1.16. The van der Waals surface area contributed by atoms with Crippen molar-refractivity contribution >= 4 is 6.71 Å². The molecule has 0 aromatic heterocycles. The molecule has 15 aliphatic carbocycles. The summed E-state index contributed by atoms with van der Waals surface area (Å²) in [6.45, 7) is 25.9. The zero-order valence-corrected chi connectivity index (χ0v) is 64.4. The predicted octanol–water partition coefficient (Wildman–Crippen LogP) is 25.7. The smallest absolute Gasteiger partial charge is 0.156 e. The molecule has 0 amide bonds. The lowest BCUT2D eigenvalue weighted by atomic mass is 9.17. The van der Waals surface area contributed by atoms with Gasteiger partial charge in [0.25, 0.3) is 0 Å². The molecule has 23 unspecified atom stereocenters. The van der Waals surface area contributed by atoms with Crippen molar-refractivity contribution in [3.8, 4) is 0 Å². The molecule has 2 heterocycles. The first-order chi connectivity index (χ1) is 46.0. The second-order valence-electron chi connectivity index (χ2n) is 44.3. The molecule has 95 heavy (non-hydrogen) atoms. The van der Waals surface area contributed by atoms with Gasteiger partial charge in [0.2, 0.25) is 0 Å². The molecular weight excluding hydrogens is 1140 g/mol. The van der Waals surface area contributed by atoms with Gasteiger partial charge < -0.3 is 0 Å². The van der Waals surface area contributed by atoms with E-state index in [1.165, 1.54) is 83.5 Å².